The van der Waals surface area contributed by atoms with Gasteiger partial charge < -0.3 is 9.32 Å². The average Bonchev–Trinajstić information content (AvgIpc) is 3.71. The number of furan rings is 1. The number of hydrogen-bond donors (Lipinski definition) is 0. The monoisotopic (exact) mass is 696 g/mol. The van der Waals surface area contributed by atoms with Gasteiger partial charge in [-0.15, -0.1) is 0 Å². The van der Waals surface area contributed by atoms with Crippen molar-refractivity contribution >= 4 is 49.8 Å². The summed E-state index contributed by atoms with van der Waals surface area (Å²) in [5.41, 5.74) is 10.0. The maximum Gasteiger partial charge on any atom is 0.143 e. The van der Waals surface area contributed by atoms with Gasteiger partial charge in [0.25, 0.3) is 0 Å². The van der Waals surface area contributed by atoms with E-state index in [2.05, 4.69) is 120 Å². The second-order valence-electron chi connectivity index (χ2n) is 13.2. The van der Waals surface area contributed by atoms with Crippen LogP contribution in [0.2, 0.25) is 0 Å². The Hall–Kier alpha value is -7.16. The fourth-order valence-electron chi connectivity index (χ4n) is 7.29. The first-order valence-corrected chi connectivity index (χ1v) is 17.8. The standard InChI is InChI=1S/C52H35NO/c1-2-12-40(13-3-1)46-15-6-8-19-50(46)53(45-33-29-41(30-34-45)47-17-10-18-49-48-16-7-9-20-51(48)54-52(47)49)44-31-27-38(28-32-44)37-21-23-39(24-22-37)43-26-25-36-11-4-5-14-42(36)35-43/h1-35H/i7D,9D,10D,16D,17D,18D,20D. The molecule has 0 aliphatic heterocycles. The van der Waals surface area contributed by atoms with Crippen LogP contribution in [0.5, 0.6) is 0 Å². The Morgan fingerprint density at radius 2 is 0.944 bits per heavy atom. The Kier molecular flexibility index (Phi) is 6.20. The molecule has 9 aromatic carbocycles. The molecule has 0 amide bonds. The van der Waals surface area contributed by atoms with E-state index >= 15 is 0 Å². The SMILES string of the molecule is [2H]c1c([2H])c([2H])c2c(oc3c(-c4ccc(N(c5ccc(-c6ccc(-c7ccc8ccccc8c7)cc6)cc5)c5ccccc5-c5ccccc5)cc4)c([2H])c([2H])c([2H])c32)c1[2H]. The maximum atomic E-state index is 8.98. The van der Waals surface area contributed by atoms with Crippen molar-refractivity contribution in [2.75, 3.05) is 4.90 Å². The quantitative estimate of drug-likeness (QED) is 0.165. The summed E-state index contributed by atoms with van der Waals surface area (Å²) < 4.78 is 66.2. The molecule has 2 heteroatoms. The lowest BCUT2D eigenvalue weighted by Gasteiger charge is -2.28. The summed E-state index contributed by atoms with van der Waals surface area (Å²) in [6.07, 6.45) is 0. The highest BCUT2D eigenvalue weighted by Gasteiger charge is 2.18. The van der Waals surface area contributed by atoms with Gasteiger partial charge in [0, 0.05) is 33.3 Å². The van der Waals surface area contributed by atoms with Crippen LogP contribution in [0, 0.1) is 0 Å². The molecule has 54 heavy (non-hydrogen) atoms. The minimum atomic E-state index is -0.454. The second kappa shape index (κ2) is 13.4. The number of nitrogens with zero attached hydrogens (tertiary/aromatic N) is 1. The molecule has 0 unspecified atom stereocenters. The van der Waals surface area contributed by atoms with Crippen molar-refractivity contribution in [1.82, 2.24) is 0 Å². The third kappa shape index (κ3) is 5.71. The normalized spacial score (nSPS) is 13.1. The second-order valence-corrected chi connectivity index (χ2v) is 13.2. The molecule has 0 aliphatic rings. The van der Waals surface area contributed by atoms with Crippen molar-refractivity contribution in [3.05, 3.63) is 212 Å². The molecule has 254 valence electrons. The zero-order valence-corrected chi connectivity index (χ0v) is 29.0. The first-order valence-electron chi connectivity index (χ1n) is 21.3. The number of hydrogen-bond acceptors (Lipinski definition) is 2. The highest BCUT2D eigenvalue weighted by Crippen LogP contribution is 2.43. The Balaban J connectivity index is 1.06. The molecule has 0 spiro atoms. The van der Waals surface area contributed by atoms with Crippen molar-refractivity contribution in [2.24, 2.45) is 0 Å². The molecule has 1 heterocycles. The van der Waals surface area contributed by atoms with E-state index in [1.54, 1.807) is 0 Å². The van der Waals surface area contributed by atoms with Gasteiger partial charge in [-0.1, -0.05) is 170 Å². The predicted molar refractivity (Wildman–Crippen MR) is 228 cm³/mol. The lowest BCUT2D eigenvalue weighted by molar-refractivity contribution is 0.670. The zero-order valence-electron chi connectivity index (χ0n) is 36.0. The number of fused-ring (bicyclic) bond motifs is 4. The maximum absolute atomic E-state index is 8.98. The van der Waals surface area contributed by atoms with Gasteiger partial charge in [-0.2, -0.15) is 0 Å². The first-order chi connectivity index (χ1) is 29.7. The molecule has 0 atom stereocenters. The summed E-state index contributed by atoms with van der Waals surface area (Å²) in [4.78, 5) is 2.18. The minimum Gasteiger partial charge on any atom is -0.455 e. The van der Waals surface area contributed by atoms with Crippen molar-refractivity contribution < 1.29 is 14.0 Å². The Labute approximate surface area is 324 Å². The fourth-order valence-corrected chi connectivity index (χ4v) is 7.29. The number of para-hydroxylation sites is 3. The van der Waals surface area contributed by atoms with Crippen LogP contribution >= 0.6 is 0 Å². The third-order valence-electron chi connectivity index (χ3n) is 10.0. The van der Waals surface area contributed by atoms with Crippen molar-refractivity contribution in [2.45, 2.75) is 0 Å². The summed E-state index contributed by atoms with van der Waals surface area (Å²) in [7, 11) is 0. The number of benzene rings is 9. The number of anilines is 3. The van der Waals surface area contributed by atoms with E-state index in [4.69, 9.17) is 14.0 Å². The first kappa shape index (κ1) is 24.9. The average molecular weight is 697 g/mol. The van der Waals surface area contributed by atoms with Crippen LogP contribution in [0.15, 0.2) is 217 Å². The van der Waals surface area contributed by atoms with E-state index in [1.165, 1.54) is 16.3 Å². The molecule has 0 saturated carbocycles. The van der Waals surface area contributed by atoms with Crippen molar-refractivity contribution in [3.63, 3.8) is 0 Å². The minimum absolute atomic E-state index is 0.0328. The molecule has 2 nitrogen and oxygen atoms in total. The van der Waals surface area contributed by atoms with Gasteiger partial charge in [0.15, 0.2) is 0 Å². The Morgan fingerprint density at radius 3 is 1.70 bits per heavy atom. The van der Waals surface area contributed by atoms with Crippen molar-refractivity contribution in [3.8, 4) is 44.5 Å². The summed E-state index contributed by atoms with van der Waals surface area (Å²) in [6.45, 7) is 0. The van der Waals surface area contributed by atoms with Gasteiger partial charge in [-0.05, 0) is 86.6 Å². The molecule has 0 saturated heterocycles. The summed E-state index contributed by atoms with van der Waals surface area (Å²) in [6, 6.07) is 55.5. The molecule has 10 rings (SSSR count). The van der Waals surface area contributed by atoms with Crippen LogP contribution in [0.4, 0.5) is 17.1 Å². The molecule has 1 aromatic heterocycles. The molecular weight excluding hydrogens is 655 g/mol. The Morgan fingerprint density at radius 1 is 0.389 bits per heavy atom. The molecule has 0 radical (unpaired) electrons. The van der Waals surface area contributed by atoms with Crippen LogP contribution in [0.1, 0.15) is 9.60 Å². The van der Waals surface area contributed by atoms with E-state index in [1.807, 2.05) is 54.6 Å². The van der Waals surface area contributed by atoms with Crippen LogP contribution in [-0.4, -0.2) is 0 Å². The van der Waals surface area contributed by atoms with Crippen LogP contribution in [-0.2, 0) is 0 Å². The highest BCUT2D eigenvalue weighted by atomic mass is 16.3. The predicted octanol–water partition coefficient (Wildman–Crippen LogP) is 14.9. The van der Waals surface area contributed by atoms with E-state index in [-0.39, 0.29) is 57.7 Å². The van der Waals surface area contributed by atoms with Gasteiger partial charge in [0.2, 0.25) is 0 Å². The van der Waals surface area contributed by atoms with Crippen LogP contribution in [0.3, 0.4) is 0 Å². The molecule has 10 aromatic rings. The van der Waals surface area contributed by atoms with Gasteiger partial charge >= 0.3 is 0 Å². The topological polar surface area (TPSA) is 16.4 Å². The summed E-state index contributed by atoms with van der Waals surface area (Å²) in [5.74, 6) is 0. The van der Waals surface area contributed by atoms with Gasteiger partial charge in [-0.25, -0.2) is 0 Å². The molecular formula is C52H35NO. The van der Waals surface area contributed by atoms with Gasteiger partial charge in [0.1, 0.15) is 11.2 Å². The Bertz CT molecular complexity index is 3310. The zero-order chi connectivity index (χ0) is 41.9. The molecule has 0 bridgehead atoms. The van der Waals surface area contributed by atoms with E-state index in [0.717, 1.165) is 44.9 Å². The molecule has 0 N–H and O–H groups in total. The molecule has 0 aliphatic carbocycles. The third-order valence-corrected chi connectivity index (χ3v) is 10.0. The largest absolute Gasteiger partial charge is 0.455 e. The lowest BCUT2D eigenvalue weighted by atomic mass is 9.98. The lowest BCUT2D eigenvalue weighted by Crippen LogP contribution is -2.11. The summed E-state index contributed by atoms with van der Waals surface area (Å²) in [5, 5.41) is 2.55. The van der Waals surface area contributed by atoms with Gasteiger partial charge in [-0.3, -0.25) is 0 Å². The fraction of sp³-hybridized carbons (Fsp3) is 0. The van der Waals surface area contributed by atoms with Crippen LogP contribution in [0.25, 0.3) is 77.2 Å². The van der Waals surface area contributed by atoms with Gasteiger partial charge in [0.05, 0.1) is 15.3 Å². The number of rotatable bonds is 7. The molecule has 0 fully saturated rings. The van der Waals surface area contributed by atoms with E-state index < -0.39 is 12.1 Å². The summed E-state index contributed by atoms with van der Waals surface area (Å²) >= 11 is 0. The van der Waals surface area contributed by atoms with E-state index in [0.29, 0.717) is 5.56 Å². The van der Waals surface area contributed by atoms with Crippen LogP contribution < -0.4 is 4.90 Å². The van der Waals surface area contributed by atoms with Crippen molar-refractivity contribution in [1.29, 1.82) is 0 Å². The smallest absolute Gasteiger partial charge is 0.143 e. The highest BCUT2D eigenvalue weighted by molar-refractivity contribution is 6.09. The van der Waals surface area contributed by atoms with E-state index in [9.17, 15) is 0 Å².